The SMILES string of the molecule is CCCSC1=NN2C(=c3ccccc3=N[C@@H]2c2cc(Br)cc(Br)c2OC)C(=O)N1. The second-order valence-corrected chi connectivity index (χ2v) is 9.28. The molecule has 2 aliphatic heterocycles. The van der Waals surface area contributed by atoms with Crippen molar-refractivity contribution in [2.24, 2.45) is 10.1 Å². The molecule has 2 aromatic carbocycles. The molecule has 0 saturated carbocycles. The van der Waals surface area contributed by atoms with Crippen LogP contribution in [0.2, 0.25) is 0 Å². The van der Waals surface area contributed by atoms with Gasteiger partial charge < -0.3 is 4.74 Å². The van der Waals surface area contributed by atoms with Crippen LogP contribution in [0.1, 0.15) is 25.1 Å². The Hall–Kier alpha value is -1.84. The van der Waals surface area contributed by atoms with Crippen LogP contribution in [0.15, 0.2) is 55.4 Å². The molecule has 0 unspecified atom stereocenters. The lowest BCUT2D eigenvalue weighted by atomic mass is 10.1. The molecular formula is C20H18Br2N4O2S. The Morgan fingerprint density at radius 3 is 2.83 bits per heavy atom. The van der Waals surface area contributed by atoms with E-state index in [1.165, 1.54) is 11.8 Å². The highest BCUT2D eigenvalue weighted by molar-refractivity contribution is 9.11. The number of methoxy groups -OCH3 is 1. The quantitative estimate of drug-likeness (QED) is 0.648. The molecule has 0 spiro atoms. The molecule has 0 saturated heterocycles. The first-order chi connectivity index (χ1) is 14.0. The summed E-state index contributed by atoms with van der Waals surface area (Å²) in [5.41, 5.74) is 1.29. The van der Waals surface area contributed by atoms with Gasteiger partial charge in [-0.3, -0.25) is 15.1 Å². The number of carbonyl (C=O) groups is 1. The topological polar surface area (TPSA) is 66.3 Å². The number of halogens is 2. The van der Waals surface area contributed by atoms with Crippen molar-refractivity contribution in [3.63, 3.8) is 0 Å². The van der Waals surface area contributed by atoms with E-state index >= 15 is 0 Å². The van der Waals surface area contributed by atoms with Crippen LogP contribution in [-0.4, -0.2) is 28.9 Å². The van der Waals surface area contributed by atoms with Crippen molar-refractivity contribution in [1.82, 2.24) is 10.3 Å². The number of nitrogens with one attached hydrogen (secondary N) is 1. The summed E-state index contributed by atoms with van der Waals surface area (Å²) < 4.78 is 7.33. The lowest BCUT2D eigenvalue weighted by Crippen LogP contribution is -2.50. The molecule has 0 fully saturated rings. The Kier molecular flexibility index (Phi) is 5.98. The minimum atomic E-state index is -0.535. The predicted octanol–water partition coefficient (Wildman–Crippen LogP) is 3.51. The zero-order chi connectivity index (χ0) is 20.5. The molecule has 2 aliphatic rings. The number of hydrazone groups is 1. The van der Waals surface area contributed by atoms with Crippen molar-refractivity contribution in [3.8, 4) is 5.75 Å². The minimum absolute atomic E-state index is 0.181. The zero-order valence-corrected chi connectivity index (χ0v) is 19.8. The Labute approximate surface area is 189 Å². The van der Waals surface area contributed by atoms with Crippen LogP contribution in [-0.2, 0) is 4.79 Å². The fourth-order valence-corrected chi connectivity index (χ4v) is 5.41. The average Bonchev–Trinajstić information content (AvgIpc) is 2.70. The lowest BCUT2D eigenvalue weighted by molar-refractivity contribution is -0.116. The highest BCUT2D eigenvalue weighted by Gasteiger charge is 2.36. The highest BCUT2D eigenvalue weighted by Crippen LogP contribution is 2.41. The number of ether oxygens (including phenoxy) is 1. The summed E-state index contributed by atoms with van der Waals surface area (Å²) in [6.45, 7) is 2.09. The van der Waals surface area contributed by atoms with Gasteiger partial charge in [0.1, 0.15) is 11.4 Å². The number of rotatable bonds is 4. The molecule has 0 aliphatic carbocycles. The lowest BCUT2D eigenvalue weighted by Gasteiger charge is -2.34. The van der Waals surface area contributed by atoms with E-state index < -0.39 is 6.17 Å². The molecule has 1 amide bonds. The molecule has 2 aromatic rings. The Balaban J connectivity index is 1.96. The number of fused-ring (bicyclic) bond motifs is 2. The Morgan fingerprint density at radius 1 is 1.28 bits per heavy atom. The summed E-state index contributed by atoms with van der Waals surface area (Å²) in [5, 5.41) is 11.5. The number of nitrogens with zero attached hydrogens (tertiary/aromatic N) is 3. The second-order valence-electron chi connectivity index (χ2n) is 6.43. The first-order valence-electron chi connectivity index (χ1n) is 9.05. The van der Waals surface area contributed by atoms with Crippen LogP contribution in [0.3, 0.4) is 0 Å². The van der Waals surface area contributed by atoms with E-state index in [0.717, 1.165) is 37.3 Å². The fraction of sp³-hybridized carbons (Fsp3) is 0.250. The third kappa shape index (κ3) is 3.83. The maximum Gasteiger partial charge on any atom is 0.276 e. The van der Waals surface area contributed by atoms with Gasteiger partial charge in [-0.25, -0.2) is 5.01 Å². The molecule has 4 rings (SSSR count). The van der Waals surface area contributed by atoms with Crippen LogP contribution >= 0.6 is 43.6 Å². The summed E-state index contributed by atoms with van der Waals surface area (Å²) >= 11 is 8.63. The molecule has 6 nitrogen and oxygen atoms in total. The number of hydrogen-bond donors (Lipinski definition) is 1. The molecular weight excluding hydrogens is 520 g/mol. The van der Waals surface area contributed by atoms with E-state index in [9.17, 15) is 4.79 Å². The molecule has 2 heterocycles. The normalized spacial score (nSPS) is 17.7. The molecule has 150 valence electrons. The number of hydrogen-bond acceptors (Lipinski definition) is 6. The summed E-state index contributed by atoms with van der Waals surface area (Å²) in [7, 11) is 1.62. The van der Waals surface area contributed by atoms with Gasteiger partial charge in [-0.2, -0.15) is 0 Å². The van der Waals surface area contributed by atoms with Gasteiger partial charge in [0, 0.05) is 21.0 Å². The highest BCUT2D eigenvalue weighted by atomic mass is 79.9. The standard InChI is InChI=1S/C20H18Br2N4O2S/c1-3-8-29-20-24-19(27)16-12-6-4-5-7-15(12)23-18(26(16)25-20)13-9-11(21)10-14(22)17(13)28-2/h4-7,9-10,18H,3,8H2,1-2H3,(H,24,25,27)/t18-/m0/s1. The predicted molar refractivity (Wildman–Crippen MR) is 122 cm³/mol. The largest absolute Gasteiger partial charge is 0.495 e. The summed E-state index contributed by atoms with van der Waals surface area (Å²) in [6, 6.07) is 11.5. The molecule has 9 heteroatoms. The monoisotopic (exact) mass is 536 g/mol. The average molecular weight is 538 g/mol. The number of para-hydroxylation sites is 1. The van der Waals surface area contributed by atoms with Crippen LogP contribution in [0, 0.1) is 0 Å². The second kappa shape index (κ2) is 8.49. The molecule has 29 heavy (non-hydrogen) atoms. The zero-order valence-electron chi connectivity index (χ0n) is 15.8. The van der Waals surface area contributed by atoms with E-state index in [-0.39, 0.29) is 5.91 Å². The van der Waals surface area contributed by atoms with Gasteiger partial charge in [-0.15, -0.1) is 5.10 Å². The smallest absolute Gasteiger partial charge is 0.276 e. The van der Waals surface area contributed by atoms with Crippen molar-refractivity contribution in [1.29, 1.82) is 0 Å². The van der Waals surface area contributed by atoms with Gasteiger partial charge in [0.15, 0.2) is 11.3 Å². The number of amides is 1. The number of carbonyl (C=O) groups excluding carboxylic acids is 1. The van der Waals surface area contributed by atoms with Crippen LogP contribution in [0.4, 0.5) is 0 Å². The van der Waals surface area contributed by atoms with Crippen LogP contribution in [0.5, 0.6) is 5.75 Å². The maximum atomic E-state index is 13.1. The van der Waals surface area contributed by atoms with Crippen LogP contribution < -0.4 is 20.6 Å². The number of amidine groups is 1. The van der Waals surface area contributed by atoms with Gasteiger partial charge in [-0.05, 0) is 40.5 Å². The molecule has 0 aromatic heterocycles. The first kappa shape index (κ1) is 20.4. The van der Waals surface area contributed by atoms with Gasteiger partial charge in [0.25, 0.3) is 5.91 Å². The van der Waals surface area contributed by atoms with Gasteiger partial charge >= 0.3 is 0 Å². The van der Waals surface area contributed by atoms with Crippen molar-refractivity contribution >= 4 is 60.4 Å². The summed E-state index contributed by atoms with van der Waals surface area (Å²) in [5.74, 6) is 1.34. The number of benzene rings is 2. The maximum absolute atomic E-state index is 13.1. The van der Waals surface area contributed by atoms with E-state index in [2.05, 4.69) is 44.1 Å². The van der Waals surface area contributed by atoms with E-state index in [1.807, 2.05) is 36.4 Å². The fourth-order valence-electron chi connectivity index (χ4n) is 3.28. The molecule has 1 N–H and O–H groups in total. The third-order valence-electron chi connectivity index (χ3n) is 4.48. The number of thioether (sulfide) groups is 1. The van der Waals surface area contributed by atoms with Crippen molar-refractivity contribution in [3.05, 3.63) is 61.5 Å². The Morgan fingerprint density at radius 2 is 2.07 bits per heavy atom. The van der Waals surface area contributed by atoms with Gasteiger partial charge in [0.05, 0.1) is 16.9 Å². The van der Waals surface area contributed by atoms with Crippen molar-refractivity contribution in [2.45, 2.75) is 19.5 Å². The van der Waals surface area contributed by atoms with Gasteiger partial charge in [0.2, 0.25) is 0 Å². The van der Waals surface area contributed by atoms with Crippen molar-refractivity contribution < 1.29 is 9.53 Å². The molecule has 0 radical (unpaired) electrons. The Bertz CT molecular complexity index is 1140. The van der Waals surface area contributed by atoms with E-state index in [0.29, 0.717) is 16.6 Å². The van der Waals surface area contributed by atoms with Crippen molar-refractivity contribution in [2.75, 3.05) is 12.9 Å². The van der Waals surface area contributed by atoms with Gasteiger partial charge in [-0.1, -0.05) is 52.8 Å². The summed E-state index contributed by atoms with van der Waals surface area (Å²) in [4.78, 5) is 18.0. The van der Waals surface area contributed by atoms with E-state index in [4.69, 9.17) is 14.8 Å². The molecule has 0 bridgehead atoms. The first-order valence-corrected chi connectivity index (χ1v) is 11.6. The molecule has 1 atom stereocenters. The minimum Gasteiger partial charge on any atom is -0.495 e. The van der Waals surface area contributed by atoms with E-state index in [1.54, 1.807) is 12.1 Å². The third-order valence-corrected chi connectivity index (χ3v) is 6.59. The summed E-state index contributed by atoms with van der Waals surface area (Å²) in [6.07, 6.45) is 0.450. The van der Waals surface area contributed by atoms with Crippen LogP contribution in [0.25, 0.3) is 5.70 Å².